The second-order valence-corrected chi connectivity index (χ2v) is 7.24. The van der Waals surface area contributed by atoms with Gasteiger partial charge in [0.05, 0.1) is 17.6 Å². The van der Waals surface area contributed by atoms with Gasteiger partial charge >= 0.3 is 0 Å². The molecule has 1 heterocycles. The Hall–Kier alpha value is -1.88. The molecule has 0 aromatic heterocycles. The molecule has 2 unspecified atom stereocenters. The maximum atomic E-state index is 12.7. The lowest BCUT2D eigenvalue weighted by molar-refractivity contribution is -0.133. The zero-order chi connectivity index (χ0) is 18.0. The molecule has 1 saturated carbocycles. The van der Waals surface area contributed by atoms with Crippen LogP contribution in [0.15, 0.2) is 24.3 Å². The van der Waals surface area contributed by atoms with E-state index in [2.05, 4.69) is 12.2 Å². The summed E-state index contributed by atoms with van der Waals surface area (Å²) in [5.41, 5.74) is 1.84. The number of ether oxygens (including phenoxy) is 1. The molecular formula is C20H28N2O3. The van der Waals surface area contributed by atoms with E-state index in [0.717, 1.165) is 36.9 Å². The van der Waals surface area contributed by atoms with Gasteiger partial charge in [0.25, 0.3) is 0 Å². The van der Waals surface area contributed by atoms with Crippen molar-refractivity contribution in [1.82, 2.24) is 5.32 Å². The van der Waals surface area contributed by atoms with Gasteiger partial charge in [-0.2, -0.15) is 0 Å². The summed E-state index contributed by atoms with van der Waals surface area (Å²) in [6.45, 7) is 4.53. The monoisotopic (exact) mass is 344 g/mol. The van der Waals surface area contributed by atoms with Crippen molar-refractivity contribution in [2.24, 2.45) is 5.92 Å². The molecule has 2 fully saturated rings. The van der Waals surface area contributed by atoms with Crippen LogP contribution in [0.25, 0.3) is 0 Å². The minimum Gasteiger partial charge on any atom is -0.376 e. The average Bonchev–Trinajstić information content (AvgIpc) is 2.96. The van der Waals surface area contributed by atoms with Crippen LogP contribution in [0.4, 0.5) is 5.69 Å². The molecule has 2 aliphatic rings. The lowest BCUT2D eigenvalue weighted by Crippen LogP contribution is -2.57. The molecule has 1 aromatic carbocycles. The van der Waals surface area contributed by atoms with Crippen molar-refractivity contribution in [1.29, 1.82) is 0 Å². The Morgan fingerprint density at radius 1 is 1.40 bits per heavy atom. The van der Waals surface area contributed by atoms with E-state index >= 15 is 0 Å². The lowest BCUT2D eigenvalue weighted by atomic mass is 9.75. The summed E-state index contributed by atoms with van der Waals surface area (Å²) in [4.78, 5) is 26.9. The van der Waals surface area contributed by atoms with Crippen LogP contribution in [-0.4, -0.2) is 37.1 Å². The SMILES string of the molecule is CCc1ccccc1N1CC(C(=O)NC(C)C2(OC)CCC2)CC1=O. The maximum absolute atomic E-state index is 12.7. The first kappa shape index (κ1) is 17.9. The fourth-order valence-electron chi connectivity index (χ4n) is 3.99. The predicted octanol–water partition coefficient (Wildman–Crippen LogP) is 2.68. The summed E-state index contributed by atoms with van der Waals surface area (Å²) >= 11 is 0. The third-order valence-electron chi connectivity index (χ3n) is 5.91. The molecule has 1 aromatic rings. The number of rotatable bonds is 6. The molecule has 0 bridgehead atoms. The van der Waals surface area contributed by atoms with Crippen LogP contribution in [0.5, 0.6) is 0 Å². The van der Waals surface area contributed by atoms with E-state index in [1.54, 1.807) is 12.0 Å². The Morgan fingerprint density at radius 2 is 2.12 bits per heavy atom. The smallest absolute Gasteiger partial charge is 0.227 e. The summed E-state index contributed by atoms with van der Waals surface area (Å²) in [6.07, 6.45) is 4.23. The van der Waals surface area contributed by atoms with Crippen molar-refractivity contribution in [3.63, 3.8) is 0 Å². The number of para-hydroxylation sites is 1. The number of nitrogens with one attached hydrogen (secondary N) is 1. The van der Waals surface area contributed by atoms with Gasteiger partial charge in [0.15, 0.2) is 0 Å². The van der Waals surface area contributed by atoms with Gasteiger partial charge in [-0.3, -0.25) is 9.59 Å². The summed E-state index contributed by atoms with van der Waals surface area (Å²) in [5.74, 6) is -0.312. The van der Waals surface area contributed by atoms with Crippen LogP contribution < -0.4 is 10.2 Å². The molecule has 2 amide bonds. The molecule has 5 nitrogen and oxygen atoms in total. The number of amides is 2. The minimum atomic E-state index is -0.297. The Kier molecular flexibility index (Phi) is 5.13. The second kappa shape index (κ2) is 7.16. The second-order valence-electron chi connectivity index (χ2n) is 7.24. The molecule has 25 heavy (non-hydrogen) atoms. The molecule has 1 aliphatic heterocycles. The molecule has 1 saturated heterocycles. The maximum Gasteiger partial charge on any atom is 0.227 e. The summed E-state index contributed by atoms with van der Waals surface area (Å²) in [7, 11) is 1.71. The van der Waals surface area contributed by atoms with E-state index in [-0.39, 0.29) is 35.8 Å². The van der Waals surface area contributed by atoms with E-state index in [1.165, 1.54) is 0 Å². The third-order valence-corrected chi connectivity index (χ3v) is 5.91. The highest BCUT2D eigenvalue weighted by Gasteiger charge is 2.44. The quantitative estimate of drug-likeness (QED) is 0.863. The number of nitrogens with zero attached hydrogens (tertiary/aromatic N) is 1. The van der Waals surface area contributed by atoms with Gasteiger partial charge in [-0.05, 0) is 44.2 Å². The van der Waals surface area contributed by atoms with Crippen molar-refractivity contribution in [3.05, 3.63) is 29.8 Å². The predicted molar refractivity (Wildman–Crippen MR) is 97.5 cm³/mol. The molecular weight excluding hydrogens is 316 g/mol. The number of anilines is 1. The van der Waals surface area contributed by atoms with Gasteiger partial charge in [0, 0.05) is 25.8 Å². The average molecular weight is 344 g/mol. The number of methoxy groups -OCH3 is 1. The number of carbonyl (C=O) groups is 2. The van der Waals surface area contributed by atoms with Crippen LogP contribution in [0.1, 0.15) is 45.1 Å². The first-order valence-electron chi connectivity index (χ1n) is 9.24. The van der Waals surface area contributed by atoms with Crippen molar-refractivity contribution in [2.45, 2.75) is 57.6 Å². The number of carbonyl (C=O) groups excluding carboxylic acids is 2. The summed E-state index contributed by atoms with van der Waals surface area (Å²) < 4.78 is 5.65. The standard InChI is InChI=1S/C20H28N2O3/c1-4-15-8-5-6-9-17(15)22-13-16(12-18(22)23)19(24)21-14(2)20(25-3)10-7-11-20/h5-6,8-9,14,16H,4,7,10-13H2,1-3H3,(H,21,24). The van der Waals surface area contributed by atoms with Gasteiger partial charge in [-0.15, -0.1) is 0 Å². The molecule has 1 aliphatic carbocycles. The zero-order valence-electron chi connectivity index (χ0n) is 15.4. The van der Waals surface area contributed by atoms with Gasteiger partial charge in [0.2, 0.25) is 11.8 Å². The van der Waals surface area contributed by atoms with Crippen molar-refractivity contribution in [3.8, 4) is 0 Å². The highest BCUT2D eigenvalue weighted by Crippen LogP contribution is 2.38. The Bertz CT molecular complexity index is 649. The van der Waals surface area contributed by atoms with Crippen molar-refractivity contribution >= 4 is 17.5 Å². The van der Waals surface area contributed by atoms with E-state index in [9.17, 15) is 9.59 Å². The van der Waals surface area contributed by atoms with E-state index in [1.807, 2.05) is 31.2 Å². The molecule has 1 N–H and O–H groups in total. The van der Waals surface area contributed by atoms with Gasteiger partial charge < -0.3 is 15.0 Å². The zero-order valence-corrected chi connectivity index (χ0v) is 15.4. The third kappa shape index (κ3) is 3.30. The highest BCUT2D eigenvalue weighted by molar-refractivity contribution is 6.00. The van der Waals surface area contributed by atoms with Gasteiger partial charge in [-0.1, -0.05) is 25.1 Å². The Balaban J connectivity index is 1.67. The fraction of sp³-hybridized carbons (Fsp3) is 0.600. The van der Waals surface area contributed by atoms with E-state index < -0.39 is 0 Å². The summed E-state index contributed by atoms with van der Waals surface area (Å²) in [6, 6.07) is 7.89. The van der Waals surface area contributed by atoms with Crippen molar-refractivity contribution < 1.29 is 14.3 Å². The molecule has 5 heteroatoms. The van der Waals surface area contributed by atoms with Crippen LogP contribution >= 0.6 is 0 Å². The molecule has 3 rings (SSSR count). The Labute approximate surface area is 149 Å². The minimum absolute atomic E-state index is 0.0267. The highest BCUT2D eigenvalue weighted by atomic mass is 16.5. The largest absolute Gasteiger partial charge is 0.376 e. The molecule has 2 atom stereocenters. The van der Waals surface area contributed by atoms with Crippen molar-refractivity contribution in [2.75, 3.05) is 18.6 Å². The lowest BCUT2D eigenvalue weighted by Gasteiger charge is -2.45. The van der Waals surface area contributed by atoms with Crippen LogP contribution in [0, 0.1) is 5.92 Å². The number of benzene rings is 1. The Morgan fingerprint density at radius 3 is 2.72 bits per heavy atom. The van der Waals surface area contributed by atoms with Crippen LogP contribution in [-0.2, 0) is 20.7 Å². The topological polar surface area (TPSA) is 58.6 Å². The van der Waals surface area contributed by atoms with Crippen LogP contribution in [0.2, 0.25) is 0 Å². The first-order valence-corrected chi connectivity index (χ1v) is 9.24. The fourth-order valence-corrected chi connectivity index (χ4v) is 3.99. The summed E-state index contributed by atoms with van der Waals surface area (Å²) in [5, 5.41) is 3.09. The molecule has 0 spiro atoms. The van der Waals surface area contributed by atoms with Gasteiger partial charge in [0.1, 0.15) is 0 Å². The van der Waals surface area contributed by atoms with E-state index in [0.29, 0.717) is 6.54 Å². The normalized spacial score (nSPS) is 23.2. The molecule has 136 valence electrons. The number of hydrogen-bond donors (Lipinski definition) is 1. The number of aryl methyl sites for hydroxylation is 1. The number of hydrogen-bond acceptors (Lipinski definition) is 3. The van der Waals surface area contributed by atoms with E-state index in [4.69, 9.17) is 4.74 Å². The first-order chi connectivity index (χ1) is 12.0. The van der Waals surface area contributed by atoms with Gasteiger partial charge in [-0.25, -0.2) is 0 Å². The molecule has 0 radical (unpaired) electrons. The van der Waals surface area contributed by atoms with Crippen LogP contribution in [0.3, 0.4) is 0 Å².